The van der Waals surface area contributed by atoms with Crippen LogP contribution in [0.4, 0.5) is 10.1 Å². The van der Waals surface area contributed by atoms with Crippen LogP contribution in [0.15, 0.2) is 64.2 Å². The van der Waals surface area contributed by atoms with Crippen LogP contribution in [-0.4, -0.2) is 49.8 Å². The molecule has 5 rings (SSSR count). The van der Waals surface area contributed by atoms with E-state index in [4.69, 9.17) is 4.98 Å². The number of anilines is 1. The molecule has 9 heteroatoms. The summed E-state index contributed by atoms with van der Waals surface area (Å²) in [7, 11) is 3.15. The average molecular weight is 463 g/mol. The molecule has 3 heterocycles. The first-order chi connectivity index (χ1) is 16.4. The van der Waals surface area contributed by atoms with Crippen LogP contribution in [0, 0.1) is 5.82 Å². The zero-order valence-corrected chi connectivity index (χ0v) is 19.3. The molecule has 1 aliphatic rings. The van der Waals surface area contributed by atoms with Crippen LogP contribution < -0.4 is 16.1 Å². The molecule has 1 aliphatic heterocycles. The Balaban J connectivity index is 1.46. The summed E-state index contributed by atoms with van der Waals surface area (Å²) in [6.45, 7) is 4.30. The maximum absolute atomic E-state index is 13.3. The third kappa shape index (κ3) is 4.03. The van der Waals surface area contributed by atoms with Crippen molar-refractivity contribution < 1.29 is 4.39 Å². The number of piperazine rings is 1. The molecule has 2 aromatic heterocycles. The molecule has 176 valence electrons. The van der Waals surface area contributed by atoms with Crippen LogP contribution in [0.25, 0.3) is 11.2 Å². The van der Waals surface area contributed by atoms with E-state index in [-0.39, 0.29) is 17.1 Å². The van der Waals surface area contributed by atoms with Gasteiger partial charge < -0.3 is 9.47 Å². The highest BCUT2D eigenvalue weighted by Crippen LogP contribution is 2.20. The second kappa shape index (κ2) is 8.90. The van der Waals surface area contributed by atoms with E-state index in [1.165, 1.54) is 23.7 Å². The molecular weight excluding hydrogens is 435 g/mol. The molecule has 1 fully saturated rings. The minimum atomic E-state index is -0.388. The van der Waals surface area contributed by atoms with Crippen LogP contribution in [0.3, 0.4) is 0 Å². The molecule has 0 spiro atoms. The fraction of sp³-hybridized carbons (Fsp3) is 0.320. The summed E-state index contributed by atoms with van der Waals surface area (Å²) in [6.07, 6.45) is 0. The zero-order valence-electron chi connectivity index (χ0n) is 19.3. The molecule has 0 saturated carbocycles. The first-order valence-corrected chi connectivity index (χ1v) is 11.3. The molecule has 0 radical (unpaired) electrons. The lowest BCUT2D eigenvalue weighted by Gasteiger charge is -2.36. The zero-order chi connectivity index (χ0) is 23.8. The first-order valence-electron chi connectivity index (χ1n) is 11.3. The standard InChI is InChI=1S/C25H27FN6O2/c1-28-23-22(24(33)29(2)25(28)34)32(16-18-6-4-3-5-7-18)21(27-23)17-30-12-14-31(15-13-30)20-10-8-19(26)9-11-20/h3-11H,12-17H2,1-2H3. The fourth-order valence-electron chi connectivity index (χ4n) is 4.56. The maximum atomic E-state index is 13.3. The number of imidazole rings is 1. The van der Waals surface area contributed by atoms with Crippen molar-refractivity contribution in [2.24, 2.45) is 14.1 Å². The van der Waals surface area contributed by atoms with E-state index in [1.54, 1.807) is 19.2 Å². The minimum absolute atomic E-state index is 0.236. The van der Waals surface area contributed by atoms with Crippen molar-refractivity contribution in [1.82, 2.24) is 23.6 Å². The predicted molar refractivity (Wildman–Crippen MR) is 130 cm³/mol. The quantitative estimate of drug-likeness (QED) is 0.454. The monoisotopic (exact) mass is 462 g/mol. The molecular formula is C25H27FN6O2. The van der Waals surface area contributed by atoms with Crippen molar-refractivity contribution >= 4 is 16.9 Å². The number of benzene rings is 2. The van der Waals surface area contributed by atoms with Gasteiger partial charge in [0.1, 0.15) is 11.6 Å². The Labute approximate surface area is 196 Å². The number of halogens is 1. The summed E-state index contributed by atoms with van der Waals surface area (Å²) in [5.41, 5.74) is 2.18. The fourth-order valence-corrected chi connectivity index (χ4v) is 4.56. The summed E-state index contributed by atoms with van der Waals surface area (Å²) in [5, 5.41) is 0. The van der Waals surface area contributed by atoms with Gasteiger partial charge in [0.25, 0.3) is 5.56 Å². The van der Waals surface area contributed by atoms with Gasteiger partial charge in [0.15, 0.2) is 11.2 Å². The molecule has 0 N–H and O–H groups in total. The van der Waals surface area contributed by atoms with E-state index in [0.717, 1.165) is 47.8 Å². The lowest BCUT2D eigenvalue weighted by atomic mass is 10.2. The summed E-state index contributed by atoms with van der Waals surface area (Å²) >= 11 is 0. The molecule has 0 unspecified atom stereocenters. The van der Waals surface area contributed by atoms with Gasteiger partial charge in [-0.2, -0.15) is 0 Å². The summed E-state index contributed by atoms with van der Waals surface area (Å²) < 4.78 is 17.8. The first kappa shape index (κ1) is 22.1. The van der Waals surface area contributed by atoms with Gasteiger partial charge >= 0.3 is 5.69 Å². The Kier molecular flexibility index (Phi) is 5.79. The van der Waals surface area contributed by atoms with Crippen LogP contribution in [0.5, 0.6) is 0 Å². The van der Waals surface area contributed by atoms with Gasteiger partial charge in [-0.3, -0.25) is 18.8 Å². The summed E-state index contributed by atoms with van der Waals surface area (Å²) in [6, 6.07) is 16.5. The Bertz CT molecular complexity index is 1430. The minimum Gasteiger partial charge on any atom is -0.369 e. The smallest absolute Gasteiger partial charge is 0.332 e. The van der Waals surface area contributed by atoms with Crippen LogP contribution in [0.1, 0.15) is 11.4 Å². The SMILES string of the molecule is Cn1c(=O)c2c(nc(CN3CCN(c4ccc(F)cc4)CC3)n2Cc2ccccc2)n(C)c1=O. The molecule has 4 aromatic rings. The average Bonchev–Trinajstić information content (AvgIpc) is 3.21. The van der Waals surface area contributed by atoms with Crippen molar-refractivity contribution in [3.05, 3.63) is 92.6 Å². The van der Waals surface area contributed by atoms with E-state index in [9.17, 15) is 14.0 Å². The Morgan fingerprint density at radius 1 is 0.853 bits per heavy atom. The second-order valence-corrected chi connectivity index (χ2v) is 8.72. The Hall–Kier alpha value is -3.72. The van der Waals surface area contributed by atoms with E-state index in [0.29, 0.717) is 24.3 Å². The molecule has 2 aromatic carbocycles. The predicted octanol–water partition coefficient (Wildman–Crippen LogP) is 1.94. The van der Waals surface area contributed by atoms with Gasteiger partial charge in [-0.15, -0.1) is 0 Å². The molecule has 0 bridgehead atoms. The van der Waals surface area contributed by atoms with Gasteiger partial charge in [-0.05, 0) is 29.8 Å². The number of rotatable bonds is 5. The highest BCUT2D eigenvalue weighted by molar-refractivity contribution is 5.71. The van der Waals surface area contributed by atoms with Crippen molar-refractivity contribution in [3.63, 3.8) is 0 Å². The molecule has 34 heavy (non-hydrogen) atoms. The highest BCUT2D eigenvalue weighted by atomic mass is 19.1. The Morgan fingerprint density at radius 3 is 2.21 bits per heavy atom. The van der Waals surface area contributed by atoms with E-state index in [2.05, 4.69) is 9.80 Å². The van der Waals surface area contributed by atoms with Crippen LogP contribution in [0.2, 0.25) is 0 Å². The second-order valence-electron chi connectivity index (χ2n) is 8.72. The number of nitrogens with zero attached hydrogens (tertiary/aromatic N) is 6. The van der Waals surface area contributed by atoms with Crippen LogP contribution >= 0.6 is 0 Å². The third-order valence-electron chi connectivity index (χ3n) is 6.54. The third-order valence-corrected chi connectivity index (χ3v) is 6.54. The number of hydrogen-bond acceptors (Lipinski definition) is 5. The van der Waals surface area contributed by atoms with Crippen molar-refractivity contribution in [3.8, 4) is 0 Å². The molecule has 1 saturated heterocycles. The van der Waals surface area contributed by atoms with Gasteiger partial charge in [0.2, 0.25) is 0 Å². The normalized spacial score (nSPS) is 14.7. The van der Waals surface area contributed by atoms with Gasteiger partial charge in [0.05, 0.1) is 6.54 Å². The maximum Gasteiger partial charge on any atom is 0.332 e. The molecule has 0 atom stereocenters. The van der Waals surface area contributed by atoms with E-state index < -0.39 is 0 Å². The molecule has 8 nitrogen and oxygen atoms in total. The van der Waals surface area contributed by atoms with E-state index >= 15 is 0 Å². The number of fused-ring (bicyclic) bond motifs is 1. The topological polar surface area (TPSA) is 68.3 Å². The number of hydrogen-bond donors (Lipinski definition) is 0. The number of aryl methyl sites for hydroxylation is 1. The van der Waals surface area contributed by atoms with Gasteiger partial charge in [-0.1, -0.05) is 30.3 Å². The van der Waals surface area contributed by atoms with E-state index in [1.807, 2.05) is 34.9 Å². The van der Waals surface area contributed by atoms with Gasteiger partial charge in [-0.25, -0.2) is 14.2 Å². The van der Waals surface area contributed by atoms with Crippen molar-refractivity contribution in [2.45, 2.75) is 13.1 Å². The summed E-state index contributed by atoms with van der Waals surface area (Å²) in [5.74, 6) is 0.521. The molecule has 0 amide bonds. The number of aromatic nitrogens is 4. The Morgan fingerprint density at radius 2 is 1.53 bits per heavy atom. The van der Waals surface area contributed by atoms with Crippen molar-refractivity contribution in [2.75, 3.05) is 31.1 Å². The molecule has 0 aliphatic carbocycles. The van der Waals surface area contributed by atoms with Gasteiger partial charge in [0, 0.05) is 52.5 Å². The lowest BCUT2D eigenvalue weighted by molar-refractivity contribution is 0.241. The largest absolute Gasteiger partial charge is 0.369 e. The van der Waals surface area contributed by atoms with Crippen LogP contribution in [-0.2, 0) is 27.2 Å². The summed E-state index contributed by atoms with van der Waals surface area (Å²) in [4.78, 5) is 34.9. The van der Waals surface area contributed by atoms with Crippen molar-refractivity contribution in [1.29, 1.82) is 0 Å². The highest BCUT2D eigenvalue weighted by Gasteiger charge is 2.23. The lowest BCUT2D eigenvalue weighted by Crippen LogP contribution is -2.46.